The predicted octanol–water partition coefficient (Wildman–Crippen LogP) is 3.11. The number of carbonyl (C=O) groups is 2. The van der Waals surface area contributed by atoms with Gasteiger partial charge in [0.15, 0.2) is 0 Å². The summed E-state index contributed by atoms with van der Waals surface area (Å²) in [6, 6.07) is 3.82. The number of rotatable bonds is 4. The molecule has 1 aliphatic carbocycles. The number of amides is 2. The Bertz CT molecular complexity index is 612. The number of piperidine rings is 1. The minimum absolute atomic E-state index is 0.00808. The number of anilines is 1. The van der Waals surface area contributed by atoms with Gasteiger partial charge in [-0.25, -0.2) is 0 Å². The smallest absolute Gasteiger partial charge is 0.230 e. The minimum Gasteiger partial charge on any atom is -0.342 e. The molecule has 1 saturated carbocycles. The molecule has 2 fully saturated rings. The molecule has 0 N–H and O–H groups in total. The van der Waals surface area contributed by atoms with E-state index in [1.54, 1.807) is 12.4 Å². The molecule has 2 amide bonds. The molecule has 1 aromatic heterocycles. The standard InChI is InChI=1S/C20H29N3O2/c1-20(2,3)14-23(17-5-4-10-21-13-17)19(25)16-8-11-22(12-9-16)18(24)15-6-7-15/h4-5,10,13,15-16H,6-9,11-12,14H2,1-3H3. The Morgan fingerprint density at radius 1 is 1.16 bits per heavy atom. The van der Waals surface area contributed by atoms with Gasteiger partial charge in [-0.15, -0.1) is 0 Å². The second-order valence-electron chi connectivity index (χ2n) is 8.57. The number of nitrogens with zero attached hydrogens (tertiary/aromatic N) is 3. The fourth-order valence-electron chi connectivity index (χ4n) is 3.44. The van der Waals surface area contributed by atoms with E-state index in [9.17, 15) is 9.59 Å². The Kier molecular flexibility index (Phi) is 5.11. The molecule has 1 aromatic rings. The molecule has 0 aromatic carbocycles. The van der Waals surface area contributed by atoms with Crippen LogP contribution >= 0.6 is 0 Å². The summed E-state index contributed by atoms with van der Waals surface area (Å²) >= 11 is 0. The van der Waals surface area contributed by atoms with Crippen LogP contribution in [0.2, 0.25) is 0 Å². The van der Waals surface area contributed by atoms with Crippen LogP contribution in [0, 0.1) is 17.3 Å². The lowest BCUT2D eigenvalue weighted by Crippen LogP contribution is -2.46. The summed E-state index contributed by atoms with van der Waals surface area (Å²) < 4.78 is 0. The van der Waals surface area contributed by atoms with Crippen molar-refractivity contribution in [1.82, 2.24) is 9.88 Å². The summed E-state index contributed by atoms with van der Waals surface area (Å²) in [6.07, 6.45) is 7.09. The number of carbonyl (C=O) groups excluding carboxylic acids is 2. The zero-order chi connectivity index (χ0) is 18.0. The molecule has 1 saturated heterocycles. The molecule has 2 aliphatic rings. The molecule has 25 heavy (non-hydrogen) atoms. The fraction of sp³-hybridized carbons (Fsp3) is 0.650. The van der Waals surface area contributed by atoms with E-state index >= 15 is 0 Å². The summed E-state index contributed by atoms with van der Waals surface area (Å²) in [6.45, 7) is 8.50. The van der Waals surface area contributed by atoms with Crippen molar-refractivity contribution in [2.75, 3.05) is 24.5 Å². The van der Waals surface area contributed by atoms with Gasteiger partial charge in [0.2, 0.25) is 11.8 Å². The molecule has 0 atom stereocenters. The van der Waals surface area contributed by atoms with Crippen LogP contribution in [0.3, 0.4) is 0 Å². The first-order valence-corrected chi connectivity index (χ1v) is 9.35. The monoisotopic (exact) mass is 343 g/mol. The van der Waals surface area contributed by atoms with Crippen LogP contribution in [0.15, 0.2) is 24.5 Å². The maximum absolute atomic E-state index is 13.2. The average Bonchev–Trinajstić information content (AvgIpc) is 3.44. The van der Waals surface area contributed by atoms with Gasteiger partial charge in [0.1, 0.15) is 0 Å². The molecule has 0 radical (unpaired) electrons. The average molecular weight is 343 g/mol. The Labute approximate surface area is 150 Å². The largest absolute Gasteiger partial charge is 0.342 e. The van der Waals surface area contributed by atoms with E-state index in [1.807, 2.05) is 21.9 Å². The third-order valence-electron chi connectivity index (χ3n) is 4.94. The fourth-order valence-corrected chi connectivity index (χ4v) is 3.44. The summed E-state index contributed by atoms with van der Waals surface area (Å²) in [5.74, 6) is 0.719. The third kappa shape index (κ3) is 4.59. The molecular formula is C20H29N3O2. The summed E-state index contributed by atoms with van der Waals surface area (Å²) in [7, 11) is 0. The Morgan fingerprint density at radius 3 is 2.36 bits per heavy atom. The van der Waals surface area contributed by atoms with Crippen molar-refractivity contribution >= 4 is 17.5 Å². The Morgan fingerprint density at radius 2 is 1.84 bits per heavy atom. The van der Waals surface area contributed by atoms with E-state index in [1.165, 1.54) is 0 Å². The van der Waals surface area contributed by atoms with Gasteiger partial charge in [-0.05, 0) is 43.2 Å². The first kappa shape index (κ1) is 17.9. The van der Waals surface area contributed by atoms with E-state index in [-0.39, 0.29) is 23.2 Å². The van der Waals surface area contributed by atoms with E-state index < -0.39 is 0 Å². The van der Waals surface area contributed by atoms with Gasteiger partial charge in [-0.3, -0.25) is 14.6 Å². The van der Waals surface area contributed by atoms with E-state index in [4.69, 9.17) is 0 Å². The van der Waals surface area contributed by atoms with Crippen LogP contribution in [-0.2, 0) is 9.59 Å². The van der Waals surface area contributed by atoms with Crippen molar-refractivity contribution in [1.29, 1.82) is 0 Å². The van der Waals surface area contributed by atoms with Crippen molar-refractivity contribution < 1.29 is 9.59 Å². The summed E-state index contributed by atoms with van der Waals surface area (Å²) in [4.78, 5) is 33.4. The minimum atomic E-state index is -0.00851. The molecule has 3 rings (SSSR count). The molecule has 136 valence electrons. The zero-order valence-corrected chi connectivity index (χ0v) is 15.6. The van der Waals surface area contributed by atoms with Gasteiger partial charge in [0, 0.05) is 37.7 Å². The zero-order valence-electron chi connectivity index (χ0n) is 15.6. The number of likely N-dealkylation sites (tertiary alicyclic amines) is 1. The van der Waals surface area contributed by atoms with Gasteiger partial charge < -0.3 is 9.80 Å². The molecule has 0 spiro atoms. The number of aromatic nitrogens is 1. The van der Waals surface area contributed by atoms with Crippen LogP contribution in [-0.4, -0.2) is 41.3 Å². The quantitative estimate of drug-likeness (QED) is 0.844. The lowest BCUT2D eigenvalue weighted by Gasteiger charge is -2.36. The van der Waals surface area contributed by atoms with Crippen LogP contribution < -0.4 is 4.90 Å². The number of pyridine rings is 1. The number of hydrogen-bond acceptors (Lipinski definition) is 3. The molecule has 0 bridgehead atoms. The second kappa shape index (κ2) is 7.14. The molecule has 2 heterocycles. The highest BCUT2D eigenvalue weighted by Crippen LogP contribution is 2.33. The highest BCUT2D eigenvalue weighted by atomic mass is 16.2. The van der Waals surface area contributed by atoms with Crippen LogP contribution in [0.5, 0.6) is 0 Å². The summed E-state index contributed by atoms with van der Waals surface area (Å²) in [5, 5.41) is 0. The first-order chi connectivity index (χ1) is 11.8. The maximum Gasteiger partial charge on any atom is 0.230 e. The van der Waals surface area contributed by atoms with Gasteiger partial charge in [0.05, 0.1) is 11.9 Å². The normalized spacial score (nSPS) is 18.9. The van der Waals surface area contributed by atoms with Crippen molar-refractivity contribution in [3.63, 3.8) is 0 Å². The third-order valence-corrected chi connectivity index (χ3v) is 4.94. The van der Waals surface area contributed by atoms with Crippen LogP contribution in [0.4, 0.5) is 5.69 Å². The predicted molar refractivity (Wildman–Crippen MR) is 98.1 cm³/mol. The van der Waals surface area contributed by atoms with E-state index in [0.29, 0.717) is 25.5 Å². The topological polar surface area (TPSA) is 53.5 Å². The summed E-state index contributed by atoms with van der Waals surface area (Å²) in [5.41, 5.74) is 0.868. The Hall–Kier alpha value is -1.91. The van der Waals surface area contributed by atoms with E-state index in [0.717, 1.165) is 31.4 Å². The first-order valence-electron chi connectivity index (χ1n) is 9.35. The SMILES string of the molecule is CC(C)(C)CN(C(=O)C1CCN(C(=O)C2CC2)CC1)c1cccnc1. The van der Waals surface area contributed by atoms with Crippen LogP contribution in [0.1, 0.15) is 46.5 Å². The van der Waals surface area contributed by atoms with Gasteiger partial charge in [-0.2, -0.15) is 0 Å². The Balaban J connectivity index is 1.67. The van der Waals surface area contributed by atoms with E-state index in [2.05, 4.69) is 25.8 Å². The second-order valence-corrected chi connectivity index (χ2v) is 8.57. The van der Waals surface area contributed by atoms with Crippen molar-refractivity contribution in [3.05, 3.63) is 24.5 Å². The van der Waals surface area contributed by atoms with Gasteiger partial charge >= 0.3 is 0 Å². The maximum atomic E-state index is 13.2. The highest BCUT2D eigenvalue weighted by molar-refractivity contribution is 5.95. The molecular weight excluding hydrogens is 314 g/mol. The van der Waals surface area contributed by atoms with Crippen molar-refractivity contribution in [2.24, 2.45) is 17.3 Å². The van der Waals surface area contributed by atoms with Gasteiger partial charge in [0.25, 0.3) is 0 Å². The molecule has 5 nitrogen and oxygen atoms in total. The lowest BCUT2D eigenvalue weighted by atomic mass is 9.91. The van der Waals surface area contributed by atoms with Crippen molar-refractivity contribution in [2.45, 2.75) is 46.5 Å². The van der Waals surface area contributed by atoms with Crippen LogP contribution in [0.25, 0.3) is 0 Å². The van der Waals surface area contributed by atoms with Crippen molar-refractivity contribution in [3.8, 4) is 0 Å². The molecule has 0 unspecified atom stereocenters. The molecule has 5 heteroatoms. The van der Waals surface area contributed by atoms with Gasteiger partial charge in [-0.1, -0.05) is 20.8 Å². The number of hydrogen-bond donors (Lipinski definition) is 0. The molecule has 1 aliphatic heterocycles. The lowest BCUT2D eigenvalue weighted by molar-refractivity contribution is -0.136. The highest BCUT2D eigenvalue weighted by Gasteiger charge is 2.37.